The lowest BCUT2D eigenvalue weighted by Crippen LogP contribution is -2.20. The molecule has 0 bridgehead atoms. The summed E-state index contributed by atoms with van der Waals surface area (Å²) >= 11 is 0. The van der Waals surface area contributed by atoms with Crippen LogP contribution in [-0.4, -0.2) is 25.3 Å². The number of hydrogen-bond donors (Lipinski definition) is 0. The highest BCUT2D eigenvalue weighted by atomic mass is 19.2. The minimum absolute atomic E-state index is 0.0103. The Bertz CT molecular complexity index is 635. The monoisotopic (exact) mass is 312 g/mol. The van der Waals surface area contributed by atoms with Gasteiger partial charge in [0.1, 0.15) is 5.60 Å². The van der Waals surface area contributed by atoms with Crippen LogP contribution >= 0.6 is 0 Å². The molecular formula is C16H18F2O4. The van der Waals surface area contributed by atoms with E-state index < -0.39 is 23.2 Å². The molecule has 0 aromatic heterocycles. The van der Waals surface area contributed by atoms with Crippen LogP contribution in [-0.2, 0) is 14.3 Å². The highest BCUT2D eigenvalue weighted by Gasteiger charge is 2.38. The average molecular weight is 312 g/mol. The highest BCUT2D eigenvalue weighted by Crippen LogP contribution is 2.43. The number of methoxy groups -OCH3 is 1. The summed E-state index contributed by atoms with van der Waals surface area (Å²) in [5.74, 6) is -2.98. The minimum Gasteiger partial charge on any atom is -0.493 e. The standard InChI is InChI=1S/C16H18F2O4/c1-5-21-15(19)14-10(8-16(2,3)22-14)9-6-7-11(17)12(18)13(9)20-4/h6-7H,5,8H2,1-4H3. The molecule has 0 amide bonds. The third-order valence-corrected chi connectivity index (χ3v) is 3.30. The summed E-state index contributed by atoms with van der Waals surface area (Å²) < 4.78 is 42.8. The zero-order valence-electron chi connectivity index (χ0n) is 13.0. The van der Waals surface area contributed by atoms with Crippen LogP contribution in [0.25, 0.3) is 5.57 Å². The molecule has 6 heteroatoms. The Kier molecular flexibility index (Phi) is 4.39. The van der Waals surface area contributed by atoms with E-state index in [0.29, 0.717) is 12.0 Å². The van der Waals surface area contributed by atoms with Crippen LogP contribution in [0.4, 0.5) is 8.78 Å². The van der Waals surface area contributed by atoms with Gasteiger partial charge < -0.3 is 14.2 Å². The number of hydrogen-bond acceptors (Lipinski definition) is 4. The zero-order chi connectivity index (χ0) is 16.5. The van der Waals surface area contributed by atoms with Crippen molar-refractivity contribution >= 4 is 11.5 Å². The van der Waals surface area contributed by atoms with Crippen molar-refractivity contribution in [3.8, 4) is 5.75 Å². The molecule has 0 unspecified atom stereocenters. The molecule has 1 aromatic rings. The van der Waals surface area contributed by atoms with Gasteiger partial charge in [-0.3, -0.25) is 0 Å². The quantitative estimate of drug-likeness (QED) is 0.799. The number of benzene rings is 1. The Morgan fingerprint density at radius 2 is 2.05 bits per heavy atom. The SMILES string of the molecule is CCOC(=O)C1=C(c2ccc(F)c(F)c2OC)CC(C)(C)O1. The second-order valence-corrected chi connectivity index (χ2v) is 5.51. The van der Waals surface area contributed by atoms with Crippen LogP contribution in [0.1, 0.15) is 32.8 Å². The Morgan fingerprint density at radius 3 is 2.64 bits per heavy atom. The molecule has 0 saturated heterocycles. The van der Waals surface area contributed by atoms with Crippen molar-refractivity contribution in [3.05, 3.63) is 35.1 Å². The molecule has 0 aliphatic carbocycles. The molecule has 0 spiro atoms. The van der Waals surface area contributed by atoms with Gasteiger partial charge in [-0.1, -0.05) is 0 Å². The van der Waals surface area contributed by atoms with Crippen molar-refractivity contribution in [2.24, 2.45) is 0 Å². The van der Waals surface area contributed by atoms with Gasteiger partial charge in [0.15, 0.2) is 11.6 Å². The molecule has 0 N–H and O–H groups in total. The van der Waals surface area contributed by atoms with Gasteiger partial charge in [0, 0.05) is 17.6 Å². The Balaban J connectivity index is 2.59. The predicted octanol–water partition coefficient (Wildman–Crippen LogP) is 3.45. The fourth-order valence-corrected chi connectivity index (χ4v) is 2.43. The van der Waals surface area contributed by atoms with E-state index in [4.69, 9.17) is 14.2 Å². The Labute approximate surface area is 127 Å². The van der Waals surface area contributed by atoms with Crippen molar-refractivity contribution in [3.63, 3.8) is 0 Å². The minimum atomic E-state index is -1.10. The predicted molar refractivity (Wildman–Crippen MR) is 76.2 cm³/mol. The molecule has 120 valence electrons. The molecule has 1 aliphatic heterocycles. The van der Waals surface area contributed by atoms with Gasteiger partial charge in [0.25, 0.3) is 0 Å². The number of esters is 1. The van der Waals surface area contributed by atoms with Crippen molar-refractivity contribution in [1.82, 2.24) is 0 Å². The van der Waals surface area contributed by atoms with E-state index in [1.807, 2.05) is 0 Å². The van der Waals surface area contributed by atoms with Gasteiger partial charge in [-0.05, 0) is 32.9 Å². The number of carbonyl (C=O) groups excluding carboxylic acids is 1. The average Bonchev–Trinajstić information content (AvgIpc) is 2.78. The largest absolute Gasteiger partial charge is 0.493 e. The van der Waals surface area contributed by atoms with Crippen LogP contribution in [0, 0.1) is 11.6 Å². The molecule has 0 radical (unpaired) electrons. The summed E-state index contributed by atoms with van der Waals surface area (Å²) in [6.07, 6.45) is 0.350. The first-order valence-electron chi connectivity index (χ1n) is 6.92. The smallest absolute Gasteiger partial charge is 0.373 e. The number of rotatable bonds is 4. The summed E-state index contributed by atoms with van der Waals surface area (Å²) in [4.78, 5) is 12.1. The molecule has 1 aromatic carbocycles. The summed E-state index contributed by atoms with van der Waals surface area (Å²) in [7, 11) is 1.24. The second-order valence-electron chi connectivity index (χ2n) is 5.51. The van der Waals surface area contributed by atoms with Crippen molar-refractivity contribution < 1.29 is 27.8 Å². The molecule has 2 rings (SSSR count). The first-order valence-corrected chi connectivity index (χ1v) is 6.92. The van der Waals surface area contributed by atoms with E-state index in [1.165, 1.54) is 13.2 Å². The molecule has 1 heterocycles. The van der Waals surface area contributed by atoms with Crippen molar-refractivity contribution in [2.75, 3.05) is 13.7 Å². The fraction of sp³-hybridized carbons (Fsp3) is 0.438. The Hall–Kier alpha value is -2.11. The molecular weight excluding hydrogens is 294 g/mol. The fourth-order valence-electron chi connectivity index (χ4n) is 2.43. The van der Waals surface area contributed by atoms with Crippen LogP contribution in [0.5, 0.6) is 5.75 Å². The lowest BCUT2D eigenvalue weighted by atomic mass is 9.94. The van der Waals surface area contributed by atoms with Gasteiger partial charge >= 0.3 is 5.97 Å². The van der Waals surface area contributed by atoms with Crippen LogP contribution in [0.2, 0.25) is 0 Å². The maximum Gasteiger partial charge on any atom is 0.373 e. The van der Waals surface area contributed by atoms with Crippen LogP contribution < -0.4 is 4.74 Å². The lowest BCUT2D eigenvalue weighted by Gasteiger charge is -2.18. The second kappa shape index (κ2) is 5.94. The van der Waals surface area contributed by atoms with Crippen molar-refractivity contribution in [1.29, 1.82) is 0 Å². The van der Waals surface area contributed by atoms with Gasteiger partial charge in [0.2, 0.25) is 11.6 Å². The van der Waals surface area contributed by atoms with Crippen LogP contribution in [0.3, 0.4) is 0 Å². The van der Waals surface area contributed by atoms with Gasteiger partial charge in [-0.25, -0.2) is 9.18 Å². The topological polar surface area (TPSA) is 44.8 Å². The normalized spacial score (nSPS) is 16.5. The first-order chi connectivity index (χ1) is 10.3. The maximum atomic E-state index is 13.9. The van der Waals surface area contributed by atoms with E-state index in [2.05, 4.69) is 0 Å². The third kappa shape index (κ3) is 2.91. The van der Waals surface area contributed by atoms with Crippen LogP contribution in [0.15, 0.2) is 17.9 Å². The maximum absolute atomic E-state index is 13.9. The molecule has 1 aliphatic rings. The first kappa shape index (κ1) is 16.3. The van der Waals surface area contributed by atoms with Gasteiger partial charge in [0.05, 0.1) is 13.7 Å². The van der Waals surface area contributed by atoms with E-state index in [9.17, 15) is 13.6 Å². The molecule has 0 fully saturated rings. The van der Waals surface area contributed by atoms with E-state index in [0.717, 1.165) is 6.07 Å². The van der Waals surface area contributed by atoms with E-state index in [1.54, 1.807) is 20.8 Å². The molecule has 0 saturated carbocycles. The summed E-state index contributed by atoms with van der Waals surface area (Å²) in [6, 6.07) is 2.37. The van der Waals surface area contributed by atoms with E-state index in [-0.39, 0.29) is 23.7 Å². The van der Waals surface area contributed by atoms with Crippen molar-refractivity contribution in [2.45, 2.75) is 32.8 Å². The lowest BCUT2D eigenvalue weighted by molar-refractivity contribution is -0.144. The van der Waals surface area contributed by atoms with E-state index >= 15 is 0 Å². The Morgan fingerprint density at radius 1 is 1.36 bits per heavy atom. The molecule has 0 atom stereocenters. The highest BCUT2D eigenvalue weighted by molar-refractivity contribution is 5.97. The summed E-state index contributed by atoms with van der Waals surface area (Å²) in [5.41, 5.74) is 0.0852. The van der Waals surface area contributed by atoms with Gasteiger partial charge in [-0.15, -0.1) is 0 Å². The molecule has 22 heavy (non-hydrogen) atoms. The molecule has 4 nitrogen and oxygen atoms in total. The number of halogens is 2. The third-order valence-electron chi connectivity index (χ3n) is 3.30. The summed E-state index contributed by atoms with van der Waals surface area (Å²) in [6.45, 7) is 5.46. The summed E-state index contributed by atoms with van der Waals surface area (Å²) in [5, 5.41) is 0. The zero-order valence-corrected chi connectivity index (χ0v) is 13.0. The number of ether oxygens (including phenoxy) is 3. The van der Waals surface area contributed by atoms with Gasteiger partial charge in [-0.2, -0.15) is 4.39 Å². The number of carbonyl (C=O) groups is 1.